The number of pyridine rings is 1. The van der Waals surface area contributed by atoms with Crippen molar-refractivity contribution in [1.82, 2.24) is 14.8 Å². The average Bonchev–Trinajstić information content (AvgIpc) is 3.23. The number of rotatable bonds is 5. The van der Waals surface area contributed by atoms with Crippen molar-refractivity contribution in [1.29, 1.82) is 0 Å². The minimum Gasteiger partial charge on any atom is -0.507 e. The zero-order valence-electron chi connectivity index (χ0n) is 17.1. The van der Waals surface area contributed by atoms with E-state index >= 15 is 0 Å². The molecular weight excluding hydrogens is 420 g/mol. The molecule has 33 heavy (non-hydrogen) atoms. The van der Waals surface area contributed by atoms with Crippen LogP contribution in [-0.2, 0) is 0 Å². The molecule has 0 fully saturated rings. The maximum Gasteiger partial charge on any atom is 0.269 e. The number of hydrogen-bond donors (Lipinski definition) is 1. The highest BCUT2D eigenvalue weighted by Crippen LogP contribution is 2.31. The second kappa shape index (κ2) is 8.01. The number of nitro benzene ring substituents is 1. The first-order chi connectivity index (χ1) is 16.0. The number of phenolic OH excluding ortho intramolecular Hbond substituents is 1. The molecule has 0 aliphatic heterocycles. The molecule has 5 rings (SSSR count). The molecule has 0 spiro atoms. The summed E-state index contributed by atoms with van der Waals surface area (Å²) in [4.78, 5) is 28.1. The van der Waals surface area contributed by atoms with Gasteiger partial charge in [0.1, 0.15) is 11.4 Å². The van der Waals surface area contributed by atoms with Gasteiger partial charge in [-0.25, -0.2) is 9.67 Å². The SMILES string of the molecule is O=C(c1cnc2c(c1)c(-c1ccccc1)nn2-c1ccc([N+](=O)[O-])cc1)c1ccccc1O. The first-order valence-corrected chi connectivity index (χ1v) is 10.0. The number of aromatic nitrogens is 3. The fourth-order valence-corrected chi connectivity index (χ4v) is 3.65. The van der Waals surface area contributed by atoms with Crippen molar-refractivity contribution in [2.75, 3.05) is 0 Å². The van der Waals surface area contributed by atoms with E-state index in [-0.39, 0.29) is 22.8 Å². The van der Waals surface area contributed by atoms with Crippen LogP contribution in [0.4, 0.5) is 5.69 Å². The Bertz CT molecular complexity index is 1510. The van der Waals surface area contributed by atoms with Crippen molar-refractivity contribution in [3.05, 3.63) is 112 Å². The molecule has 0 atom stereocenters. The van der Waals surface area contributed by atoms with Gasteiger partial charge in [0.25, 0.3) is 5.69 Å². The molecular formula is C25H16N4O4. The number of carbonyl (C=O) groups excluding carboxylic acids is 1. The fourth-order valence-electron chi connectivity index (χ4n) is 3.65. The molecule has 8 heteroatoms. The Balaban J connectivity index is 1.69. The Labute approximate surface area is 187 Å². The monoisotopic (exact) mass is 436 g/mol. The van der Waals surface area contributed by atoms with Crippen molar-refractivity contribution in [3.8, 4) is 22.7 Å². The predicted octanol–water partition coefficient (Wildman–Crippen LogP) is 4.93. The van der Waals surface area contributed by atoms with Crippen molar-refractivity contribution in [3.63, 3.8) is 0 Å². The smallest absolute Gasteiger partial charge is 0.269 e. The molecule has 0 aliphatic rings. The van der Waals surface area contributed by atoms with E-state index in [2.05, 4.69) is 4.98 Å². The topological polar surface area (TPSA) is 111 Å². The van der Waals surface area contributed by atoms with Crippen molar-refractivity contribution in [2.24, 2.45) is 0 Å². The highest BCUT2D eigenvalue weighted by molar-refractivity contribution is 6.12. The Morgan fingerprint density at radius 1 is 0.939 bits per heavy atom. The van der Waals surface area contributed by atoms with Crippen molar-refractivity contribution >= 4 is 22.5 Å². The molecule has 0 unspecified atom stereocenters. The zero-order valence-corrected chi connectivity index (χ0v) is 17.1. The van der Waals surface area contributed by atoms with Gasteiger partial charge in [0.2, 0.25) is 0 Å². The number of fused-ring (bicyclic) bond motifs is 1. The summed E-state index contributed by atoms with van der Waals surface area (Å²) in [6, 6.07) is 23.5. The molecule has 8 nitrogen and oxygen atoms in total. The molecule has 0 radical (unpaired) electrons. The molecule has 5 aromatic rings. The van der Waals surface area contributed by atoms with Gasteiger partial charge in [0, 0.05) is 34.8 Å². The number of ketones is 1. The maximum atomic E-state index is 13.0. The second-order valence-corrected chi connectivity index (χ2v) is 7.34. The first kappa shape index (κ1) is 20.1. The first-order valence-electron chi connectivity index (χ1n) is 10.0. The summed E-state index contributed by atoms with van der Waals surface area (Å²) < 4.78 is 1.59. The van der Waals surface area contributed by atoms with Gasteiger partial charge < -0.3 is 5.11 Å². The van der Waals surface area contributed by atoms with Crippen LogP contribution in [0.25, 0.3) is 28.0 Å². The van der Waals surface area contributed by atoms with E-state index in [4.69, 9.17) is 5.10 Å². The van der Waals surface area contributed by atoms with Gasteiger partial charge in [-0.3, -0.25) is 14.9 Å². The van der Waals surface area contributed by atoms with Crippen LogP contribution in [-0.4, -0.2) is 30.6 Å². The third-order valence-corrected chi connectivity index (χ3v) is 5.29. The maximum absolute atomic E-state index is 13.0. The van der Waals surface area contributed by atoms with E-state index in [9.17, 15) is 20.0 Å². The molecule has 0 saturated carbocycles. The minimum absolute atomic E-state index is 0.0259. The van der Waals surface area contributed by atoms with E-state index in [1.165, 1.54) is 24.4 Å². The summed E-state index contributed by atoms with van der Waals surface area (Å²) in [5, 5.41) is 26.5. The van der Waals surface area contributed by atoms with Gasteiger partial charge in [-0.05, 0) is 30.3 Å². The van der Waals surface area contributed by atoms with Crippen molar-refractivity contribution < 1.29 is 14.8 Å². The normalized spacial score (nSPS) is 10.9. The second-order valence-electron chi connectivity index (χ2n) is 7.34. The minimum atomic E-state index is -0.463. The lowest BCUT2D eigenvalue weighted by molar-refractivity contribution is -0.384. The molecule has 1 N–H and O–H groups in total. The third kappa shape index (κ3) is 3.59. The molecule has 3 aromatic carbocycles. The highest BCUT2D eigenvalue weighted by Gasteiger charge is 2.20. The molecule has 0 bridgehead atoms. The summed E-state index contributed by atoms with van der Waals surface area (Å²) in [6.07, 6.45) is 1.44. The van der Waals surface area contributed by atoms with Crippen molar-refractivity contribution in [2.45, 2.75) is 0 Å². The van der Waals surface area contributed by atoms with Gasteiger partial charge in [-0.2, -0.15) is 5.10 Å². The number of non-ortho nitro benzene ring substituents is 1. The number of aromatic hydroxyl groups is 1. The standard InChI is InChI=1S/C25H16N4O4/c30-22-9-5-4-8-20(22)24(31)17-14-21-23(16-6-2-1-3-7-16)27-28(25(21)26-15-17)18-10-12-19(13-11-18)29(32)33/h1-15,30H. The highest BCUT2D eigenvalue weighted by atomic mass is 16.6. The molecule has 2 aromatic heterocycles. The lowest BCUT2D eigenvalue weighted by Gasteiger charge is -2.05. The lowest BCUT2D eigenvalue weighted by Crippen LogP contribution is -2.03. The Hall–Kier alpha value is -4.85. The van der Waals surface area contributed by atoms with Crippen LogP contribution in [0.3, 0.4) is 0 Å². The van der Waals surface area contributed by atoms with E-state index in [0.717, 1.165) is 5.56 Å². The van der Waals surface area contributed by atoms with Crippen LogP contribution in [0, 0.1) is 10.1 Å². The van der Waals surface area contributed by atoms with Gasteiger partial charge in [0.05, 0.1) is 16.2 Å². The summed E-state index contributed by atoms with van der Waals surface area (Å²) in [5.41, 5.74) is 3.01. The average molecular weight is 436 g/mol. The summed E-state index contributed by atoms with van der Waals surface area (Å²) in [5.74, 6) is -0.461. The zero-order chi connectivity index (χ0) is 22.9. The Kier molecular flexibility index (Phi) is 4.87. The number of benzene rings is 3. The lowest BCUT2D eigenvalue weighted by atomic mass is 10.0. The van der Waals surface area contributed by atoms with E-state index in [1.54, 1.807) is 41.1 Å². The van der Waals surface area contributed by atoms with Crippen LogP contribution >= 0.6 is 0 Å². The number of carbonyl (C=O) groups is 1. The molecule has 160 valence electrons. The molecule has 2 heterocycles. The van der Waals surface area contributed by atoms with Crippen LogP contribution in [0.2, 0.25) is 0 Å². The summed E-state index contributed by atoms with van der Waals surface area (Å²) >= 11 is 0. The van der Waals surface area contributed by atoms with Gasteiger partial charge in [-0.1, -0.05) is 42.5 Å². The van der Waals surface area contributed by atoms with Gasteiger partial charge in [-0.15, -0.1) is 0 Å². The molecule has 0 amide bonds. The van der Waals surface area contributed by atoms with E-state index in [1.807, 2.05) is 30.3 Å². The van der Waals surface area contributed by atoms with Gasteiger partial charge in [0.15, 0.2) is 11.4 Å². The van der Waals surface area contributed by atoms with Crippen LogP contribution in [0.5, 0.6) is 5.75 Å². The molecule has 0 saturated heterocycles. The van der Waals surface area contributed by atoms with Crippen LogP contribution < -0.4 is 0 Å². The third-order valence-electron chi connectivity index (χ3n) is 5.29. The number of phenols is 1. The number of para-hydroxylation sites is 1. The summed E-state index contributed by atoms with van der Waals surface area (Å²) in [6.45, 7) is 0. The fraction of sp³-hybridized carbons (Fsp3) is 0. The largest absolute Gasteiger partial charge is 0.507 e. The number of hydrogen-bond acceptors (Lipinski definition) is 6. The van der Waals surface area contributed by atoms with Crippen LogP contribution in [0.15, 0.2) is 91.1 Å². The quantitative estimate of drug-likeness (QED) is 0.237. The predicted molar refractivity (Wildman–Crippen MR) is 122 cm³/mol. The van der Waals surface area contributed by atoms with E-state index in [0.29, 0.717) is 28.0 Å². The van der Waals surface area contributed by atoms with E-state index < -0.39 is 4.92 Å². The Morgan fingerprint density at radius 3 is 2.33 bits per heavy atom. The Morgan fingerprint density at radius 2 is 1.64 bits per heavy atom. The summed E-state index contributed by atoms with van der Waals surface area (Å²) in [7, 11) is 0. The molecule has 0 aliphatic carbocycles. The number of nitro groups is 1. The van der Waals surface area contributed by atoms with Gasteiger partial charge >= 0.3 is 0 Å². The number of nitrogens with zero attached hydrogens (tertiary/aromatic N) is 4. The van der Waals surface area contributed by atoms with Crippen LogP contribution in [0.1, 0.15) is 15.9 Å².